The van der Waals surface area contributed by atoms with Crippen molar-refractivity contribution in [3.63, 3.8) is 0 Å². The summed E-state index contributed by atoms with van der Waals surface area (Å²) < 4.78 is 0. The summed E-state index contributed by atoms with van der Waals surface area (Å²) in [4.78, 5) is 0.475. The maximum absolute atomic E-state index is 3.93. The second-order valence-corrected chi connectivity index (χ2v) is 7.82. The standard InChI is InChI=1S/C18H29Br/c1-7-14-9-10-15(8-2)16(12-14)17(19)11-13(3)18(4,5)6/h9-10,12-13,17H,7-8,11H2,1-6H3. The highest BCUT2D eigenvalue weighted by atomic mass is 79.9. The number of hydrogen-bond acceptors (Lipinski definition) is 0. The highest BCUT2D eigenvalue weighted by Gasteiger charge is 2.24. The molecule has 0 saturated heterocycles. The van der Waals surface area contributed by atoms with Crippen molar-refractivity contribution < 1.29 is 0 Å². The van der Waals surface area contributed by atoms with Crippen LogP contribution in [0.5, 0.6) is 0 Å². The Hall–Kier alpha value is -0.300. The molecule has 0 N–H and O–H groups in total. The summed E-state index contributed by atoms with van der Waals surface area (Å²) in [5.74, 6) is 0.701. The van der Waals surface area contributed by atoms with Crippen molar-refractivity contribution in [3.8, 4) is 0 Å². The zero-order valence-corrected chi connectivity index (χ0v) is 15.0. The molecule has 0 nitrogen and oxygen atoms in total. The van der Waals surface area contributed by atoms with E-state index < -0.39 is 0 Å². The smallest absolute Gasteiger partial charge is 0.0400 e. The molecule has 19 heavy (non-hydrogen) atoms. The fourth-order valence-corrected chi connectivity index (χ4v) is 3.26. The van der Waals surface area contributed by atoms with Crippen LogP contribution in [0.3, 0.4) is 0 Å². The Morgan fingerprint density at radius 3 is 2.21 bits per heavy atom. The van der Waals surface area contributed by atoms with Crippen LogP contribution < -0.4 is 0 Å². The lowest BCUT2D eigenvalue weighted by Crippen LogP contribution is -2.18. The fourth-order valence-electron chi connectivity index (χ4n) is 2.27. The fraction of sp³-hybridized carbons (Fsp3) is 0.667. The van der Waals surface area contributed by atoms with E-state index in [0.29, 0.717) is 16.2 Å². The van der Waals surface area contributed by atoms with E-state index in [9.17, 15) is 0 Å². The van der Waals surface area contributed by atoms with Crippen molar-refractivity contribution in [2.75, 3.05) is 0 Å². The predicted molar refractivity (Wildman–Crippen MR) is 90.1 cm³/mol. The summed E-state index contributed by atoms with van der Waals surface area (Å²) in [5.41, 5.74) is 4.80. The molecule has 2 unspecified atom stereocenters. The topological polar surface area (TPSA) is 0 Å². The molecule has 0 bridgehead atoms. The SMILES string of the molecule is CCc1ccc(CC)c(C(Br)CC(C)C(C)(C)C)c1. The van der Waals surface area contributed by atoms with E-state index in [2.05, 4.69) is 75.7 Å². The van der Waals surface area contributed by atoms with Crippen LogP contribution in [0.4, 0.5) is 0 Å². The molecule has 1 aromatic rings. The first kappa shape index (κ1) is 16.8. The van der Waals surface area contributed by atoms with Gasteiger partial charge in [-0.05, 0) is 47.3 Å². The molecule has 2 atom stereocenters. The Balaban J connectivity index is 2.94. The van der Waals surface area contributed by atoms with Gasteiger partial charge in [-0.25, -0.2) is 0 Å². The van der Waals surface area contributed by atoms with Crippen LogP contribution >= 0.6 is 15.9 Å². The lowest BCUT2D eigenvalue weighted by atomic mass is 9.78. The van der Waals surface area contributed by atoms with Crippen LogP contribution in [0.15, 0.2) is 18.2 Å². The van der Waals surface area contributed by atoms with Crippen molar-refractivity contribution in [1.29, 1.82) is 0 Å². The molecule has 0 aliphatic heterocycles. The number of halogens is 1. The Morgan fingerprint density at radius 1 is 1.11 bits per heavy atom. The molecule has 0 aliphatic rings. The highest BCUT2D eigenvalue weighted by molar-refractivity contribution is 9.09. The third kappa shape index (κ3) is 4.63. The molecular formula is C18H29Br. The molecule has 1 heteroatoms. The number of hydrogen-bond donors (Lipinski definition) is 0. The summed E-state index contributed by atoms with van der Waals surface area (Å²) in [5, 5.41) is 0. The molecule has 108 valence electrons. The van der Waals surface area contributed by atoms with Gasteiger partial charge in [-0.2, -0.15) is 0 Å². The second kappa shape index (κ2) is 6.92. The van der Waals surface area contributed by atoms with Gasteiger partial charge in [-0.3, -0.25) is 0 Å². The van der Waals surface area contributed by atoms with E-state index >= 15 is 0 Å². The number of aryl methyl sites for hydroxylation is 2. The van der Waals surface area contributed by atoms with Gasteiger partial charge in [0, 0.05) is 4.83 Å². The van der Waals surface area contributed by atoms with Crippen LogP contribution in [0, 0.1) is 11.3 Å². The minimum absolute atomic E-state index is 0.376. The van der Waals surface area contributed by atoms with Crippen LogP contribution in [0.2, 0.25) is 0 Å². The summed E-state index contributed by atoms with van der Waals surface area (Å²) in [6, 6.07) is 6.98. The largest absolute Gasteiger partial charge is 0.0839 e. The predicted octanol–water partition coefficient (Wildman–Crippen LogP) is 6.32. The van der Waals surface area contributed by atoms with E-state index in [1.165, 1.54) is 23.1 Å². The zero-order chi connectivity index (χ0) is 14.6. The van der Waals surface area contributed by atoms with Crippen molar-refractivity contribution in [2.24, 2.45) is 11.3 Å². The first-order valence-electron chi connectivity index (χ1n) is 7.55. The average molecular weight is 325 g/mol. The van der Waals surface area contributed by atoms with Crippen LogP contribution in [0.1, 0.15) is 69.5 Å². The minimum Gasteiger partial charge on any atom is -0.0839 e. The Labute approximate surface area is 128 Å². The van der Waals surface area contributed by atoms with Gasteiger partial charge in [0.25, 0.3) is 0 Å². The molecule has 0 fully saturated rings. The van der Waals surface area contributed by atoms with Gasteiger partial charge in [0.15, 0.2) is 0 Å². The first-order valence-corrected chi connectivity index (χ1v) is 8.46. The molecule has 0 amide bonds. The molecule has 0 spiro atoms. The lowest BCUT2D eigenvalue weighted by Gasteiger charge is -2.29. The van der Waals surface area contributed by atoms with Gasteiger partial charge in [0.1, 0.15) is 0 Å². The maximum Gasteiger partial charge on any atom is 0.0400 e. The van der Waals surface area contributed by atoms with Gasteiger partial charge < -0.3 is 0 Å². The molecule has 1 aromatic carbocycles. The van der Waals surface area contributed by atoms with Crippen molar-refractivity contribution in [1.82, 2.24) is 0 Å². The highest BCUT2D eigenvalue weighted by Crippen LogP contribution is 2.38. The van der Waals surface area contributed by atoms with Gasteiger partial charge >= 0.3 is 0 Å². The molecule has 1 rings (SSSR count). The van der Waals surface area contributed by atoms with E-state index in [0.717, 1.165) is 12.8 Å². The van der Waals surface area contributed by atoms with E-state index in [1.54, 1.807) is 0 Å². The van der Waals surface area contributed by atoms with Crippen molar-refractivity contribution in [3.05, 3.63) is 34.9 Å². The Morgan fingerprint density at radius 2 is 1.74 bits per heavy atom. The summed E-state index contributed by atoms with van der Waals surface area (Å²) >= 11 is 3.93. The van der Waals surface area contributed by atoms with Gasteiger partial charge in [-0.15, -0.1) is 0 Å². The summed E-state index contributed by atoms with van der Waals surface area (Å²) in [6.07, 6.45) is 3.43. The zero-order valence-electron chi connectivity index (χ0n) is 13.4. The monoisotopic (exact) mass is 324 g/mol. The molecule has 0 radical (unpaired) electrons. The normalized spacial score (nSPS) is 15.3. The molecule has 0 heterocycles. The van der Waals surface area contributed by atoms with E-state index in [1.807, 2.05) is 0 Å². The maximum atomic E-state index is 3.93. The second-order valence-electron chi connectivity index (χ2n) is 6.71. The van der Waals surface area contributed by atoms with Crippen LogP contribution in [0.25, 0.3) is 0 Å². The van der Waals surface area contributed by atoms with Gasteiger partial charge in [-0.1, -0.05) is 75.7 Å². The third-order valence-electron chi connectivity index (χ3n) is 4.38. The van der Waals surface area contributed by atoms with Crippen LogP contribution in [-0.4, -0.2) is 0 Å². The van der Waals surface area contributed by atoms with Crippen LogP contribution in [-0.2, 0) is 12.8 Å². The van der Waals surface area contributed by atoms with E-state index in [4.69, 9.17) is 0 Å². The molecule has 0 aliphatic carbocycles. The minimum atomic E-state index is 0.376. The number of alkyl halides is 1. The number of rotatable bonds is 5. The third-order valence-corrected chi connectivity index (χ3v) is 5.24. The summed E-state index contributed by atoms with van der Waals surface area (Å²) in [6.45, 7) is 13.8. The quantitative estimate of drug-likeness (QED) is 0.556. The Kier molecular flexibility index (Phi) is 6.11. The number of benzene rings is 1. The molecule has 0 saturated carbocycles. The van der Waals surface area contributed by atoms with E-state index in [-0.39, 0.29) is 0 Å². The average Bonchev–Trinajstić information content (AvgIpc) is 2.36. The molecular weight excluding hydrogens is 296 g/mol. The first-order chi connectivity index (χ1) is 8.79. The van der Waals surface area contributed by atoms with Gasteiger partial charge in [0.05, 0.1) is 0 Å². The van der Waals surface area contributed by atoms with Crippen molar-refractivity contribution in [2.45, 2.75) is 65.6 Å². The summed E-state index contributed by atoms with van der Waals surface area (Å²) in [7, 11) is 0. The van der Waals surface area contributed by atoms with Crippen molar-refractivity contribution >= 4 is 15.9 Å². The molecule has 0 aromatic heterocycles. The van der Waals surface area contributed by atoms with Gasteiger partial charge in [0.2, 0.25) is 0 Å². The lowest BCUT2D eigenvalue weighted by molar-refractivity contribution is 0.246. The Bertz CT molecular complexity index is 401.